The summed E-state index contributed by atoms with van der Waals surface area (Å²) in [5, 5.41) is 14.4. The standard InChI is InChI=1S/C8H7BrN6OS/c9-5-2-1-4(17-5)3-12-13-7(10)6-8(11)15-16-14-6/h1-3H,(H2,10,13)(H2,11,15)/b12-3-. The summed E-state index contributed by atoms with van der Waals surface area (Å²) in [4.78, 5) is 0.944. The molecule has 0 fully saturated rings. The number of aromatic nitrogens is 2. The first-order valence-corrected chi connectivity index (χ1v) is 5.98. The summed E-state index contributed by atoms with van der Waals surface area (Å²) >= 11 is 4.87. The first-order valence-electron chi connectivity index (χ1n) is 4.37. The number of halogens is 1. The van der Waals surface area contributed by atoms with Crippen LogP contribution >= 0.6 is 27.3 Å². The summed E-state index contributed by atoms with van der Waals surface area (Å²) in [6.45, 7) is 0. The molecule has 2 aromatic rings. The molecule has 0 atom stereocenters. The van der Waals surface area contributed by atoms with Crippen LogP contribution in [0.15, 0.2) is 30.8 Å². The molecule has 0 aliphatic carbocycles. The third kappa shape index (κ3) is 2.88. The maximum atomic E-state index is 5.60. The molecule has 0 unspecified atom stereocenters. The van der Waals surface area contributed by atoms with Crippen molar-refractivity contribution in [3.63, 3.8) is 0 Å². The molecule has 0 saturated carbocycles. The van der Waals surface area contributed by atoms with E-state index in [1.807, 2.05) is 12.1 Å². The van der Waals surface area contributed by atoms with E-state index in [1.165, 1.54) is 11.3 Å². The van der Waals surface area contributed by atoms with E-state index in [2.05, 4.69) is 41.1 Å². The highest BCUT2D eigenvalue weighted by atomic mass is 79.9. The van der Waals surface area contributed by atoms with Crippen LogP contribution in [0.1, 0.15) is 10.6 Å². The van der Waals surface area contributed by atoms with Gasteiger partial charge in [0.25, 0.3) is 0 Å². The van der Waals surface area contributed by atoms with Gasteiger partial charge in [-0.25, -0.2) is 4.63 Å². The first kappa shape index (κ1) is 11.7. The lowest BCUT2D eigenvalue weighted by molar-refractivity contribution is 0.308. The monoisotopic (exact) mass is 314 g/mol. The van der Waals surface area contributed by atoms with Gasteiger partial charge in [0.1, 0.15) is 0 Å². The molecular formula is C8H7BrN6OS. The summed E-state index contributed by atoms with van der Waals surface area (Å²) < 4.78 is 5.41. The molecule has 0 spiro atoms. The van der Waals surface area contributed by atoms with E-state index >= 15 is 0 Å². The van der Waals surface area contributed by atoms with Crippen LogP contribution in [0.5, 0.6) is 0 Å². The molecule has 0 amide bonds. The number of nitrogens with two attached hydrogens (primary N) is 2. The number of hydrogen-bond acceptors (Lipinski definition) is 7. The van der Waals surface area contributed by atoms with Crippen molar-refractivity contribution >= 4 is 45.1 Å². The van der Waals surface area contributed by atoms with Crippen LogP contribution in [0.4, 0.5) is 5.82 Å². The highest BCUT2D eigenvalue weighted by Crippen LogP contribution is 2.20. The van der Waals surface area contributed by atoms with Crippen molar-refractivity contribution in [2.24, 2.45) is 15.9 Å². The molecule has 4 N–H and O–H groups in total. The molecule has 0 aromatic carbocycles. The van der Waals surface area contributed by atoms with Crippen LogP contribution in [0.25, 0.3) is 0 Å². The zero-order valence-corrected chi connectivity index (χ0v) is 10.8. The van der Waals surface area contributed by atoms with Gasteiger partial charge in [-0.15, -0.1) is 16.4 Å². The Morgan fingerprint density at radius 2 is 2.29 bits per heavy atom. The Morgan fingerprint density at radius 3 is 2.88 bits per heavy atom. The molecule has 2 rings (SSSR count). The maximum absolute atomic E-state index is 5.60. The predicted octanol–water partition coefficient (Wildman–Crippen LogP) is 1.22. The van der Waals surface area contributed by atoms with E-state index in [4.69, 9.17) is 11.5 Å². The van der Waals surface area contributed by atoms with Crippen molar-refractivity contribution in [1.82, 2.24) is 10.3 Å². The Bertz CT molecular complexity index is 574. The Balaban J connectivity index is 2.11. The second kappa shape index (κ2) is 5.06. The van der Waals surface area contributed by atoms with E-state index < -0.39 is 0 Å². The minimum absolute atomic E-state index is 0.0515. The van der Waals surface area contributed by atoms with Crippen molar-refractivity contribution in [3.8, 4) is 0 Å². The van der Waals surface area contributed by atoms with Crippen molar-refractivity contribution in [1.29, 1.82) is 0 Å². The number of thiophene rings is 1. The van der Waals surface area contributed by atoms with Crippen molar-refractivity contribution < 1.29 is 4.63 Å². The van der Waals surface area contributed by atoms with Crippen LogP contribution < -0.4 is 11.5 Å². The smallest absolute Gasteiger partial charge is 0.199 e. The van der Waals surface area contributed by atoms with E-state index in [9.17, 15) is 0 Å². The fourth-order valence-corrected chi connectivity index (χ4v) is 2.26. The average Bonchev–Trinajstić information content (AvgIpc) is 2.87. The van der Waals surface area contributed by atoms with Crippen molar-refractivity contribution in [2.45, 2.75) is 0 Å². The largest absolute Gasteiger partial charge is 0.380 e. The molecule has 2 aromatic heterocycles. The molecule has 0 aliphatic heterocycles. The van der Waals surface area contributed by atoms with Crippen LogP contribution in [0, 0.1) is 0 Å². The summed E-state index contributed by atoms with van der Waals surface area (Å²) in [7, 11) is 0. The number of nitrogen functional groups attached to an aromatic ring is 1. The summed E-state index contributed by atoms with van der Waals surface area (Å²) in [5.41, 5.74) is 11.2. The van der Waals surface area contributed by atoms with Gasteiger partial charge in [0.2, 0.25) is 0 Å². The maximum Gasteiger partial charge on any atom is 0.199 e. The van der Waals surface area contributed by atoms with Gasteiger partial charge in [-0.1, -0.05) is 0 Å². The SMILES string of the molecule is NC(=N/N=C\c1ccc(Br)s1)c1nonc1N. The topological polar surface area (TPSA) is 116 Å². The average molecular weight is 315 g/mol. The molecule has 2 heterocycles. The van der Waals surface area contributed by atoms with Gasteiger partial charge < -0.3 is 11.5 Å². The molecule has 9 heteroatoms. The second-order valence-corrected chi connectivity index (χ2v) is 5.36. The van der Waals surface area contributed by atoms with Crippen LogP contribution in [-0.4, -0.2) is 22.4 Å². The second-order valence-electron chi connectivity index (χ2n) is 2.87. The van der Waals surface area contributed by atoms with Crippen LogP contribution in [-0.2, 0) is 0 Å². The number of nitrogens with zero attached hydrogens (tertiary/aromatic N) is 4. The van der Waals surface area contributed by atoms with Gasteiger partial charge in [-0.2, -0.15) is 5.10 Å². The minimum Gasteiger partial charge on any atom is -0.380 e. The highest BCUT2D eigenvalue weighted by Gasteiger charge is 2.09. The van der Waals surface area contributed by atoms with E-state index in [1.54, 1.807) is 6.21 Å². The normalized spacial score (nSPS) is 12.4. The lowest BCUT2D eigenvalue weighted by atomic mass is 10.4. The zero-order chi connectivity index (χ0) is 12.3. The summed E-state index contributed by atoms with van der Waals surface area (Å²) in [5.74, 6) is 0.135. The summed E-state index contributed by atoms with van der Waals surface area (Å²) in [6.07, 6.45) is 1.58. The lowest BCUT2D eigenvalue weighted by Gasteiger charge is -1.90. The Kier molecular flexibility index (Phi) is 3.49. The molecule has 7 nitrogen and oxygen atoms in total. The fraction of sp³-hybridized carbons (Fsp3) is 0. The minimum atomic E-state index is 0.0515. The highest BCUT2D eigenvalue weighted by molar-refractivity contribution is 9.11. The number of anilines is 1. The fourth-order valence-electron chi connectivity index (χ4n) is 0.966. The zero-order valence-electron chi connectivity index (χ0n) is 8.37. The quantitative estimate of drug-likeness (QED) is 0.502. The van der Waals surface area contributed by atoms with Gasteiger partial charge >= 0.3 is 0 Å². The van der Waals surface area contributed by atoms with Gasteiger partial charge in [0.15, 0.2) is 17.3 Å². The van der Waals surface area contributed by atoms with Gasteiger partial charge in [-0.3, -0.25) is 0 Å². The lowest BCUT2D eigenvalue weighted by Crippen LogP contribution is -2.15. The number of rotatable bonds is 3. The van der Waals surface area contributed by atoms with E-state index in [-0.39, 0.29) is 17.3 Å². The molecule has 0 aliphatic rings. The first-order chi connectivity index (χ1) is 8.16. The Hall–Kier alpha value is -1.74. The number of amidine groups is 1. The Morgan fingerprint density at radius 1 is 1.47 bits per heavy atom. The molecule has 88 valence electrons. The van der Waals surface area contributed by atoms with Crippen LogP contribution in [0.2, 0.25) is 0 Å². The van der Waals surface area contributed by atoms with Crippen molar-refractivity contribution in [3.05, 3.63) is 26.5 Å². The predicted molar refractivity (Wildman–Crippen MR) is 69.0 cm³/mol. The van der Waals surface area contributed by atoms with Gasteiger partial charge in [-0.05, 0) is 38.4 Å². The molecule has 0 bridgehead atoms. The summed E-state index contributed by atoms with van der Waals surface area (Å²) in [6, 6.07) is 3.81. The van der Waals surface area contributed by atoms with E-state index in [0.29, 0.717) is 0 Å². The third-order valence-electron chi connectivity index (χ3n) is 1.70. The molecule has 0 radical (unpaired) electrons. The van der Waals surface area contributed by atoms with E-state index in [0.717, 1.165) is 8.66 Å². The molecule has 0 saturated heterocycles. The Labute approximate surface area is 108 Å². The van der Waals surface area contributed by atoms with Crippen molar-refractivity contribution in [2.75, 3.05) is 5.73 Å². The van der Waals surface area contributed by atoms with Gasteiger partial charge in [0.05, 0.1) is 10.0 Å². The van der Waals surface area contributed by atoms with Crippen LogP contribution in [0.3, 0.4) is 0 Å². The number of hydrogen-bond donors (Lipinski definition) is 2. The molecule has 17 heavy (non-hydrogen) atoms. The molecular weight excluding hydrogens is 308 g/mol. The van der Waals surface area contributed by atoms with Gasteiger partial charge in [0, 0.05) is 4.88 Å². The third-order valence-corrected chi connectivity index (χ3v) is 3.26.